The quantitative estimate of drug-likeness (QED) is 0.764. The lowest BCUT2D eigenvalue weighted by atomic mass is 10.1. The van der Waals surface area contributed by atoms with Gasteiger partial charge in [0.25, 0.3) is 0 Å². The summed E-state index contributed by atoms with van der Waals surface area (Å²) in [6, 6.07) is 5.04. The molecule has 2 unspecified atom stereocenters. The van der Waals surface area contributed by atoms with Crippen molar-refractivity contribution in [1.29, 1.82) is 0 Å². The molecule has 0 bridgehead atoms. The highest BCUT2D eigenvalue weighted by molar-refractivity contribution is 7.89. The number of nitrogens with zero attached hydrogens (tertiary/aromatic N) is 1. The Kier molecular flexibility index (Phi) is 7.95. The zero-order valence-corrected chi connectivity index (χ0v) is 16.0. The van der Waals surface area contributed by atoms with Crippen LogP contribution in [-0.4, -0.2) is 51.9 Å². The summed E-state index contributed by atoms with van der Waals surface area (Å²) in [5.74, 6) is 0.227. The third-order valence-corrected chi connectivity index (χ3v) is 5.73. The van der Waals surface area contributed by atoms with E-state index in [0.29, 0.717) is 24.0 Å². The molecule has 1 fully saturated rings. The number of amides is 1. The standard InChI is InChI=1S/C15H22ClN3O3S.ClH/c1-11(15(20)19-8-7-12(10-19)9-17-2)18-23(21,22)14-5-3-13(16)4-6-14;/h3-6,11-12,17-18H,7-10H2,1-2H3;1H. The molecule has 2 rings (SSSR count). The van der Waals surface area contributed by atoms with Crippen molar-refractivity contribution in [3.05, 3.63) is 29.3 Å². The van der Waals surface area contributed by atoms with Crippen LogP contribution in [0.3, 0.4) is 0 Å². The lowest BCUT2D eigenvalue weighted by molar-refractivity contribution is -0.131. The first kappa shape index (κ1) is 21.2. The first-order valence-electron chi connectivity index (χ1n) is 7.55. The third-order valence-electron chi connectivity index (χ3n) is 3.92. The van der Waals surface area contributed by atoms with Gasteiger partial charge in [0.1, 0.15) is 0 Å². The SMILES string of the molecule is CNCC1CCN(C(=O)C(C)NS(=O)(=O)c2ccc(Cl)cc2)C1.Cl. The van der Waals surface area contributed by atoms with Gasteiger partial charge in [0.2, 0.25) is 15.9 Å². The van der Waals surface area contributed by atoms with Gasteiger partial charge in [0.15, 0.2) is 0 Å². The second kappa shape index (κ2) is 9.01. The number of hydrogen-bond donors (Lipinski definition) is 2. The molecule has 1 aliphatic rings. The number of nitrogens with one attached hydrogen (secondary N) is 2. The summed E-state index contributed by atoms with van der Waals surface area (Å²) in [7, 11) is -1.86. The van der Waals surface area contributed by atoms with Crippen LogP contribution >= 0.6 is 24.0 Å². The smallest absolute Gasteiger partial charge is 0.241 e. The Morgan fingerprint density at radius 2 is 2.00 bits per heavy atom. The lowest BCUT2D eigenvalue weighted by Crippen LogP contribution is -2.46. The van der Waals surface area contributed by atoms with Gasteiger partial charge in [-0.15, -0.1) is 12.4 Å². The second-order valence-corrected chi connectivity index (χ2v) is 7.94. The molecule has 9 heteroatoms. The molecule has 136 valence electrons. The van der Waals surface area contributed by atoms with Crippen LogP contribution in [0.25, 0.3) is 0 Å². The van der Waals surface area contributed by atoms with Crippen molar-refractivity contribution in [2.24, 2.45) is 5.92 Å². The Bertz CT molecular complexity index is 652. The fourth-order valence-corrected chi connectivity index (χ4v) is 4.05. The number of likely N-dealkylation sites (tertiary alicyclic amines) is 1. The Labute approximate surface area is 154 Å². The van der Waals surface area contributed by atoms with E-state index in [1.165, 1.54) is 24.3 Å². The number of halogens is 2. The molecule has 0 aromatic heterocycles. The van der Waals surface area contributed by atoms with Gasteiger partial charge in [0, 0.05) is 18.1 Å². The van der Waals surface area contributed by atoms with Crippen LogP contribution in [0.5, 0.6) is 0 Å². The average molecular weight is 396 g/mol. The van der Waals surface area contributed by atoms with E-state index >= 15 is 0 Å². The van der Waals surface area contributed by atoms with E-state index < -0.39 is 16.1 Å². The van der Waals surface area contributed by atoms with Crippen LogP contribution in [0.4, 0.5) is 0 Å². The Hall–Kier alpha value is -0.860. The van der Waals surface area contributed by atoms with Gasteiger partial charge in [-0.1, -0.05) is 11.6 Å². The van der Waals surface area contributed by atoms with Crippen LogP contribution in [0.1, 0.15) is 13.3 Å². The van der Waals surface area contributed by atoms with E-state index in [2.05, 4.69) is 10.0 Å². The van der Waals surface area contributed by atoms with Crippen molar-refractivity contribution < 1.29 is 13.2 Å². The molecule has 0 radical (unpaired) electrons. The normalized spacial score (nSPS) is 19.0. The molecule has 2 N–H and O–H groups in total. The number of sulfonamides is 1. The number of carbonyl (C=O) groups is 1. The highest BCUT2D eigenvalue weighted by Gasteiger charge is 2.30. The van der Waals surface area contributed by atoms with Gasteiger partial charge >= 0.3 is 0 Å². The molecule has 1 amide bonds. The summed E-state index contributed by atoms with van der Waals surface area (Å²) < 4.78 is 27.0. The predicted molar refractivity (Wildman–Crippen MR) is 97.1 cm³/mol. The van der Waals surface area contributed by atoms with E-state index in [1.807, 2.05) is 7.05 Å². The van der Waals surface area contributed by atoms with Crippen LogP contribution in [-0.2, 0) is 14.8 Å². The van der Waals surface area contributed by atoms with Crippen molar-refractivity contribution in [2.75, 3.05) is 26.7 Å². The van der Waals surface area contributed by atoms with E-state index in [9.17, 15) is 13.2 Å². The van der Waals surface area contributed by atoms with Gasteiger partial charge < -0.3 is 10.2 Å². The van der Waals surface area contributed by atoms with E-state index in [4.69, 9.17) is 11.6 Å². The Morgan fingerprint density at radius 1 is 1.38 bits per heavy atom. The molecule has 0 aliphatic carbocycles. The topological polar surface area (TPSA) is 78.5 Å². The molecule has 1 saturated heterocycles. The first-order chi connectivity index (χ1) is 10.8. The lowest BCUT2D eigenvalue weighted by Gasteiger charge is -2.22. The molecule has 0 saturated carbocycles. The monoisotopic (exact) mass is 395 g/mol. The number of benzene rings is 1. The highest BCUT2D eigenvalue weighted by atomic mass is 35.5. The molecule has 1 aromatic carbocycles. The average Bonchev–Trinajstić information content (AvgIpc) is 2.95. The zero-order valence-electron chi connectivity index (χ0n) is 13.7. The van der Waals surface area contributed by atoms with E-state index in [0.717, 1.165) is 13.0 Å². The van der Waals surface area contributed by atoms with E-state index in [-0.39, 0.29) is 23.2 Å². The second-order valence-electron chi connectivity index (χ2n) is 5.79. The van der Waals surface area contributed by atoms with Gasteiger partial charge in [-0.25, -0.2) is 8.42 Å². The summed E-state index contributed by atoms with van der Waals surface area (Å²) in [5.41, 5.74) is 0. The number of hydrogen-bond acceptors (Lipinski definition) is 4. The predicted octanol–water partition coefficient (Wildman–Crippen LogP) is 1.50. The molecule has 1 heterocycles. The maximum atomic E-state index is 12.4. The van der Waals surface area contributed by atoms with Crippen LogP contribution in [0.15, 0.2) is 29.2 Å². The summed E-state index contributed by atoms with van der Waals surface area (Å²) >= 11 is 5.76. The molecule has 0 spiro atoms. The van der Waals surface area contributed by atoms with Crippen molar-refractivity contribution in [1.82, 2.24) is 14.9 Å². The fraction of sp³-hybridized carbons (Fsp3) is 0.533. The molecule has 6 nitrogen and oxygen atoms in total. The van der Waals surface area contributed by atoms with Crippen LogP contribution in [0, 0.1) is 5.92 Å². The van der Waals surface area contributed by atoms with Gasteiger partial charge in [-0.2, -0.15) is 4.72 Å². The minimum absolute atomic E-state index is 0. The first-order valence-corrected chi connectivity index (χ1v) is 9.41. The maximum Gasteiger partial charge on any atom is 0.241 e. The summed E-state index contributed by atoms with van der Waals surface area (Å²) in [6.45, 7) is 3.75. The van der Waals surface area contributed by atoms with Crippen molar-refractivity contribution in [3.63, 3.8) is 0 Å². The van der Waals surface area contributed by atoms with Crippen molar-refractivity contribution in [2.45, 2.75) is 24.3 Å². The van der Waals surface area contributed by atoms with Crippen molar-refractivity contribution >= 4 is 39.9 Å². The zero-order chi connectivity index (χ0) is 17.0. The summed E-state index contributed by atoms with van der Waals surface area (Å²) in [4.78, 5) is 14.2. The maximum absolute atomic E-state index is 12.4. The molecular formula is C15H23Cl2N3O3S. The molecule has 24 heavy (non-hydrogen) atoms. The molecule has 1 aliphatic heterocycles. The highest BCUT2D eigenvalue weighted by Crippen LogP contribution is 2.18. The van der Waals surface area contributed by atoms with Gasteiger partial charge in [-0.05, 0) is 57.1 Å². The fourth-order valence-electron chi connectivity index (χ4n) is 2.73. The molecule has 1 aromatic rings. The minimum Gasteiger partial charge on any atom is -0.341 e. The molecular weight excluding hydrogens is 373 g/mol. The number of carbonyl (C=O) groups excluding carboxylic acids is 1. The van der Waals surface area contributed by atoms with Gasteiger partial charge in [-0.3, -0.25) is 4.79 Å². The Balaban J connectivity index is 0.00000288. The van der Waals surface area contributed by atoms with Crippen LogP contribution < -0.4 is 10.0 Å². The third kappa shape index (κ3) is 5.32. The minimum atomic E-state index is -3.74. The summed E-state index contributed by atoms with van der Waals surface area (Å²) in [6.07, 6.45) is 0.934. The molecule has 2 atom stereocenters. The largest absolute Gasteiger partial charge is 0.341 e. The summed E-state index contributed by atoms with van der Waals surface area (Å²) in [5, 5.41) is 3.56. The Morgan fingerprint density at radius 3 is 2.58 bits per heavy atom. The number of rotatable bonds is 6. The van der Waals surface area contributed by atoms with Crippen LogP contribution in [0.2, 0.25) is 5.02 Å². The van der Waals surface area contributed by atoms with Gasteiger partial charge in [0.05, 0.1) is 10.9 Å². The van der Waals surface area contributed by atoms with E-state index in [1.54, 1.807) is 11.8 Å². The van der Waals surface area contributed by atoms with Crippen molar-refractivity contribution in [3.8, 4) is 0 Å².